The Morgan fingerprint density at radius 3 is 2.47 bits per heavy atom. The molecule has 0 aliphatic carbocycles. The summed E-state index contributed by atoms with van der Waals surface area (Å²) in [6.45, 7) is 0. The van der Waals surface area contributed by atoms with Gasteiger partial charge in [-0.05, 0) is 12.1 Å². The molecule has 1 aromatic rings. The molecule has 2 atom stereocenters. The average molecular weight is 232 g/mol. The zero-order chi connectivity index (χ0) is 11.6. The Bertz CT molecular complexity index is 382. The summed E-state index contributed by atoms with van der Waals surface area (Å²) in [6.07, 6.45) is -3.23. The number of phenols is 1. The van der Waals surface area contributed by atoms with Crippen molar-refractivity contribution in [3.63, 3.8) is 0 Å². The quantitative estimate of drug-likeness (QED) is 0.584. The highest BCUT2D eigenvalue weighted by atomic mass is 35.5. The number of aromatic hydroxyl groups is 1. The van der Waals surface area contributed by atoms with Crippen LogP contribution in [0.2, 0.25) is 5.02 Å². The highest BCUT2D eigenvalue weighted by molar-refractivity contribution is 6.31. The number of carbonyl (C=O) groups excluding carboxylic acids is 1. The Balaban J connectivity index is 3.01. The number of hydrogen-bond acceptors (Lipinski definition) is 4. The first-order valence-corrected chi connectivity index (χ1v) is 4.45. The third-order valence-corrected chi connectivity index (χ3v) is 2.22. The number of phenolic OH excluding ortho intramolecular Hbond substituents is 1. The maximum absolute atomic E-state index is 10.6. The fourth-order valence-electron chi connectivity index (χ4n) is 1.08. The van der Waals surface area contributed by atoms with Gasteiger partial charge in [-0.3, -0.25) is 4.79 Å². The maximum atomic E-state index is 10.6. The van der Waals surface area contributed by atoms with Gasteiger partial charge in [-0.2, -0.15) is 0 Å². The number of primary amides is 1. The minimum atomic E-state index is -1.73. The average Bonchev–Trinajstić information content (AvgIpc) is 2.15. The van der Waals surface area contributed by atoms with E-state index in [1.54, 1.807) is 0 Å². The van der Waals surface area contributed by atoms with Crippen LogP contribution in [-0.4, -0.2) is 27.3 Å². The van der Waals surface area contributed by atoms with Crippen LogP contribution in [0.3, 0.4) is 0 Å². The molecule has 0 saturated carbocycles. The molecule has 0 fully saturated rings. The highest BCUT2D eigenvalue weighted by Gasteiger charge is 2.25. The van der Waals surface area contributed by atoms with Gasteiger partial charge in [0.2, 0.25) is 5.91 Å². The van der Waals surface area contributed by atoms with Gasteiger partial charge < -0.3 is 21.1 Å². The molecule has 0 spiro atoms. The lowest BCUT2D eigenvalue weighted by atomic mass is 10.0. The number of benzene rings is 1. The van der Waals surface area contributed by atoms with Crippen LogP contribution in [0, 0.1) is 0 Å². The second-order valence-corrected chi connectivity index (χ2v) is 3.41. The zero-order valence-electron chi connectivity index (χ0n) is 7.59. The summed E-state index contributed by atoms with van der Waals surface area (Å²) in [5.41, 5.74) is 4.94. The predicted molar refractivity (Wildman–Crippen MR) is 53.3 cm³/mol. The van der Waals surface area contributed by atoms with E-state index in [0.29, 0.717) is 0 Å². The van der Waals surface area contributed by atoms with Gasteiger partial charge in [-0.1, -0.05) is 17.7 Å². The molecule has 5 N–H and O–H groups in total. The summed E-state index contributed by atoms with van der Waals surface area (Å²) < 4.78 is 0. The Kier molecular flexibility index (Phi) is 3.52. The molecule has 0 saturated heterocycles. The van der Waals surface area contributed by atoms with Crippen molar-refractivity contribution in [3.05, 3.63) is 28.8 Å². The van der Waals surface area contributed by atoms with E-state index in [1.807, 2.05) is 0 Å². The molecule has 15 heavy (non-hydrogen) atoms. The first-order valence-electron chi connectivity index (χ1n) is 4.07. The summed E-state index contributed by atoms with van der Waals surface area (Å²) in [5.74, 6) is -1.13. The Morgan fingerprint density at radius 2 is 2.00 bits per heavy atom. The van der Waals surface area contributed by atoms with Crippen molar-refractivity contribution in [1.29, 1.82) is 0 Å². The number of amides is 1. The minimum Gasteiger partial charge on any atom is -0.508 e. The van der Waals surface area contributed by atoms with E-state index in [1.165, 1.54) is 18.2 Å². The van der Waals surface area contributed by atoms with Gasteiger partial charge in [-0.15, -0.1) is 0 Å². The lowest BCUT2D eigenvalue weighted by Gasteiger charge is -2.16. The minimum absolute atomic E-state index is 0.0443. The molecular formula is C9H10ClNO4. The molecule has 2 unspecified atom stereocenters. The summed E-state index contributed by atoms with van der Waals surface area (Å²) in [7, 11) is 0. The van der Waals surface area contributed by atoms with Crippen molar-refractivity contribution in [2.75, 3.05) is 0 Å². The molecule has 0 aliphatic rings. The SMILES string of the molecule is NC(=O)C(O)C(O)c1ccc(O)cc1Cl. The van der Waals surface area contributed by atoms with Crippen LogP contribution < -0.4 is 5.73 Å². The van der Waals surface area contributed by atoms with Gasteiger partial charge >= 0.3 is 0 Å². The van der Waals surface area contributed by atoms with E-state index in [4.69, 9.17) is 22.4 Å². The number of rotatable bonds is 3. The van der Waals surface area contributed by atoms with E-state index >= 15 is 0 Å². The van der Waals surface area contributed by atoms with Crippen LogP contribution in [0.5, 0.6) is 5.75 Å². The number of aliphatic hydroxyl groups is 2. The lowest BCUT2D eigenvalue weighted by molar-refractivity contribution is -0.131. The van der Waals surface area contributed by atoms with Gasteiger partial charge in [0.25, 0.3) is 0 Å². The fraction of sp³-hybridized carbons (Fsp3) is 0.222. The summed E-state index contributed by atoms with van der Waals surface area (Å²) >= 11 is 5.69. The predicted octanol–water partition coefficient (Wildman–Crippen LogP) is -0.0748. The molecule has 0 bridgehead atoms. The van der Waals surface area contributed by atoms with Crippen molar-refractivity contribution >= 4 is 17.5 Å². The third-order valence-electron chi connectivity index (χ3n) is 1.89. The van der Waals surface area contributed by atoms with Crippen LogP contribution in [-0.2, 0) is 4.79 Å². The molecule has 1 rings (SSSR count). The van der Waals surface area contributed by atoms with Crippen molar-refractivity contribution in [3.8, 4) is 5.75 Å². The molecule has 82 valence electrons. The van der Waals surface area contributed by atoms with E-state index < -0.39 is 18.1 Å². The van der Waals surface area contributed by atoms with Gasteiger partial charge in [-0.25, -0.2) is 0 Å². The molecular weight excluding hydrogens is 222 g/mol. The third kappa shape index (κ3) is 2.59. The lowest BCUT2D eigenvalue weighted by Crippen LogP contribution is -2.33. The van der Waals surface area contributed by atoms with Crippen molar-refractivity contribution in [2.24, 2.45) is 5.73 Å². The van der Waals surface area contributed by atoms with Gasteiger partial charge in [0.1, 0.15) is 11.9 Å². The molecule has 1 aromatic carbocycles. The van der Waals surface area contributed by atoms with Gasteiger partial charge in [0.15, 0.2) is 6.10 Å². The van der Waals surface area contributed by atoms with Gasteiger partial charge in [0.05, 0.1) is 5.02 Å². The first kappa shape index (κ1) is 11.8. The molecule has 0 radical (unpaired) electrons. The second-order valence-electron chi connectivity index (χ2n) is 3.00. The van der Waals surface area contributed by atoms with Crippen molar-refractivity contribution in [1.82, 2.24) is 0 Å². The molecule has 6 heteroatoms. The number of aliphatic hydroxyl groups excluding tert-OH is 2. The number of halogens is 1. The fourth-order valence-corrected chi connectivity index (χ4v) is 1.37. The zero-order valence-corrected chi connectivity index (χ0v) is 8.35. The van der Waals surface area contributed by atoms with E-state index in [0.717, 1.165) is 0 Å². The monoisotopic (exact) mass is 231 g/mol. The molecule has 1 amide bonds. The number of hydrogen-bond donors (Lipinski definition) is 4. The summed E-state index contributed by atoms with van der Waals surface area (Å²) in [6, 6.07) is 3.76. The molecule has 0 aliphatic heterocycles. The summed E-state index contributed by atoms with van der Waals surface area (Å²) in [5, 5.41) is 27.8. The van der Waals surface area contributed by atoms with E-state index in [-0.39, 0.29) is 16.3 Å². The largest absolute Gasteiger partial charge is 0.508 e. The van der Waals surface area contributed by atoms with Crippen LogP contribution in [0.25, 0.3) is 0 Å². The number of nitrogens with two attached hydrogens (primary N) is 1. The maximum Gasteiger partial charge on any atom is 0.249 e. The highest BCUT2D eigenvalue weighted by Crippen LogP contribution is 2.28. The smallest absolute Gasteiger partial charge is 0.249 e. The van der Waals surface area contributed by atoms with Gasteiger partial charge in [0, 0.05) is 5.56 Å². The standard InChI is InChI=1S/C9H10ClNO4/c10-6-3-4(12)1-2-5(6)7(13)8(14)9(11)15/h1-3,7-8,12-14H,(H2,11,15). The number of carbonyl (C=O) groups is 1. The van der Waals surface area contributed by atoms with Crippen LogP contribution >= 0.6 is 11.6 Å². The molecule has 5 nitrogen and oxygen atoms in total. The van der Waals surface area contributed by atoms with Crippen LogP contribution in [0.15, 0.2) is 18.2 Å². The van der Waals surface area contributed by atoms with Crippen molar-refractivity contribution in [2.45, 2.75) is 12.2 Å². The molecule has 0 aromatic heterocycles. The van der Waals surface area contributed by atoms with E-state index in [2.05, 4.69) is 0 Å². The normalized spacial score (nSPS) is 14.6. The summed E-state index contributed by atoms with van der Waals surface area (Å²) in [4.78, 5) is 10.6. The van der Waals surface area contributed by atoms with E-state index in [9.17, 15) is 15.0 Å². The Labute approximate surface area is 90.7 Å². The second kappa shape index (κ2) is 4.48. The Hall–Kier alpha value is -1.30. The Morgan fingerprint density at radius 1 is 1.40 bits per heavy atom. The van der Waals surface area contributed by atoms with Crippen molar-refractivity contribution < 1.29 is 20.1 Å². The first-order chi connectivity index (χ1) is 6.93. The molecule has 0 heterocycles. The topological polar surface area (TPSA) is 104 Å². The van der Waals surface area contributed by atoms with Crippen LogP contribution in [0.4, 0.5) is 0 Å². The van der Waals surface area contributed by atoms with Crippen LogP contribution in [0.1, 0.15) is 11.7 Å².